The highest BCUT2D eigenvalue weighted by Crippen LogP contribution is 2.35. The first-order valence-electron chi connectivity index (χ1n) is 6.53. The van der Waals surface area contributed by atoms with Crippen LogP contribution < -0.4 is 0 Å². The van der Waals surface area contributed by atoms with E-state index in [4.69, 9.17) is 5.53 Å². The summed E-state index contributed by atoms with van der Waals surface area (Å²) < 4.78 is 1.58. The molecule has 122 valence electrons. The zero-order valence-corrected chi connectivity index (χ0v) is 12.7. The summed E-state index contributed by atoms with van der Waals surface area (Å²) in [7, 11) is 1.73. The van der Waals surface area contributed by atoms with Crippen LogP contribution in [0.25, 0.3) is 22.6 Å². The molecule has 0 aliphatic heterocycles. The first-order chi connectivity index (χ1) is 11.3. The van der Waals surface area contributed by atoms with Crippen molar-refractivity contribution < 1.29 is 9.85 Å². The molecule has 1 aromatic carbocycles. The van der Waals surface area contributed by atoms with Crippen LogP contribution in [0.3, 0.4) is 0 Å². The van der Waals surface area contributed by atoms with Crippen molar-refractivity contribution in [3.8, 4) is 0 Å². The predicted molar refractivity (Wildman–Crippen MR) is 85.4 cm³/mol. The van der Waals surface area contributed by atoms with E-state index in [1.807, 2.05) is 0 Å². The van der Waals surface area contributed by atoms with Crippen LogP contribution in [0.2, 0.25) is 0 Å². The summed E-state index contributed by atoms with van der Waals surface area (Å²) in [4.78, 5) is 23.1. The van der Waals surface area contributed by atoms with Crippen molar-refractivity contribution in [1.82, 2.24) is 9.78 Å². The molecule has 0 saturated heterocycles. The van der Waals surface area contributed by atoms with E-state index in [1.54, 1.807) is 30.9 Å². The van der Waals surface area contributed by atoms with Crippen LogP contribution in [-0.4, -0.2) is 19.6 Å². The molecule has 0 N–H and O–H groups in total. The number of nitro benzene ring substituents is 2. The highest BCUT2D eigenvalue weighted by molar-refractivity contribution is 5.82. The van der Waals surface area contributed by atoms with Gasteiger partial charge in [0, 0.05) is 29.8 Å². The van der Waals surface area contributed by atoms with Gasteiger partial charge < -0.3 is 0 Å². The van der Waals surface area contributed by atoms with Crippen LogP contribution in [0.1, 0.15) is 16.8 Å². The van der Waals surface area contributed by atoms with Crippen LogP contribution in [0.5, 0.6) is 0 Å². The summed E-state index contributed by atoms with van der Waals surface area (Å²) in [5.41, 5.74) is 8.75. The second-order valence-corrected chi connectivity index (χ2v) is 4.78. The number of aryl methyl sites for hydroxylation is 2. The highest BCUT2D eigenvalue weighted by atomic mass is 16.6. The van der Waals surface area contributed by atoms with Crippen molar-refractivity contribution in [1.29, 1.82) is 0 Å². The topological polar surface area (TPSA) is 153 Å². The number of hydrogen-bond acceptors (Lipinski definition) is 6. The number of rotatable bonds is 5. The van der Waals surface area contributed by atoms with Gasteiger partial charge in [0.15, 0.2) is 0 Å². The van der Waals surface area contributed by atoms with E-state index in [0.29, 0.717) is 11.3 Å². The average Bonchev–Trinajstić information content (AvgIpc) is 2.83. The van der Waals surface area contributed by atoms with Gasteiger partial charge in [-0.15, -0.1) is 0 Å². The quantitative estimate of drug-likeness (QED) is 0.269. The summed E-state index contributed by atoms with van der Waals surface area (Å²) >= 11 is 0. The van der Waals surface area contributed by atoms with Gasteiger partial charge in [-0.3, -0.25) is 24.9 Å². The Balaban J connectivity index is 2.66. The number of azide groups is 1. The van der Waals surface area contributed by atoms with Gasteiger partial charge in [0.1, 0.15) is 0 Å². The number of non-ortho nitro benzene ring substituents is 1. The van der Waals surface area contributed by atoms with Gasteiger partial charge in [-0.1, -0.05) is 11.2 Å². The predicted octanol–water partition coefficient (Wildman–Crippen LogP) is 3.66. The molecule has 0 aliphatic carbocycles. The second kappa shape index (κ2) is 6.58. The van der Waals surface area contributed by atoms with Crippen LogP contribution >= 0.6 is 0 Å². The lowest BCUT2D eigenvalue weighted by molar-refractivity contribution is -0.394. The number of hydrogen-bond donors (Lipinski definition) is 0. The number of benzene rings is 1. The summed E-state index contributed by atoms with van der Waals surface area (Å²) in [6.45, 7) is 1.76. The Kier molecular flexibility index (Phi) is 4.57. The van der Waals surface area contributed by atoms with Crippen LogP contribution in [0.15, 0.2) is 23.4 Å². The smallest absolute Gasteiger partial charge is 0.275 e. The fraction of sp³-hybridized carbons (Fsp3) is 0.154. The van der Waals surface area contributed by atoms with Gasteiger partial charge >= 0.3 is 0 Å². The Hall–Kier alpha value is -3.72. The lowest BCUT2D eigenvalue weighted by Crippen LogP contribution is -1.95. The number of aromatic nitrogens is 2. The molecule has 11 heteroatoms. The monoisotopic (exact) mass is 329 g/mol. The van der Waals surface area contributed by atoms with Gasteiger partial charge in [0.25, 0.3) is 11.4 Å². The molecule has 0 spiro atoms. The minimum Gasteiger partial charge on any atom is -0.275 e. The molecule has 0 aliphatic rings. The first kappa shape index (κ1) is 16.6. The minimum absolute atomic E-state index is 0.0216. The molecule has 11 nitrogen and oxygen atoms in total. The van der Waals surface area contributed by atoms with Crippen molar-refractivity contribution in [2.45, 2.75) is 6.92 Å². The number of nitro groups is 2. The Morgan fingerprint density at radius 3 is 2.50 bits per heavy atom. The molecular formula is C13H11N7O4. The SMILES string of the molecule is Cc1nn(C)cc1/C=C/c1c(N=[N+]=[N-])cc([N+](=O)[O-])cc1[N+](=O)[O-]. The standard InChI is InChI=1S/C13H11N7O4/c1-8-9(7-18(2)16-8)3-4-11-12(15-17-14)5-10(19(21)22)6-13(11)20(23)24/h3-7H,1-2H3/b4-3+. The minimum atomic E-state index is -0.790. The zero-order valence-electron chi connectivity index (χ0n) is 12.7. The normalized spacial score (nSPS) is 10.6. The third-order valence-corrected chi connectivity index (χ3v) is 3.16. The molecule has 0 unspecified atom stereocenters. The van der Waals surface area contributed by atoms with E-state index in [2.05, 4.69) is 15.1 Å². The lowest BCUT2D eigenvalue weighted by Gasteiger charge is -2.02. The van der Waals surface area contributed by atoms with Crippen LogP contribution in [-0.2, 0) is 7.05 Å². The zero-order chi connectivity index (χ0) is 17.9. The fourth-order valence-electron chi connectivity index (χ4n) is 2.12. The molecule has 1 heterocycles. The summed E-state index contributed by atoms with van der Waals surface area (Å²) in [5.74, 6) is 0. The molecule has 0 saturated carbocycles. The van der Waals surface area contributed by atoms with Crippen molar-refractivity contribution >= 4 is 29.2 Å². The molecule has 0 atom stereocenters. The van der Waals surface area contributed by atoms with E-state index < -0.39 is 21.2 Å². The Labute approximate surface area is 134 Å². The van der Waals surface area contributed by atoms with Gasteiger partial charge in [-0.05, 0) is 18.5 Å². The summed E-state index contributed by atoms with van der Waals surface area (Å²) in [6, 6.07) is 1.81. The summed E-state index contributed by atoms with van der Waals surface area (Å²) in [5, 5.41) is 29.6. The molecule has 0 bridgehead atoms. The van der Waals surface area contributed by atoms with Crippen molar-refractivity contribution in [3.05, 3.63) is 65.8 Å². The summed E-state index contributed by atoms with van der Waals surface area (Å²) in [6.07, 6.45) is 4.64. The molecule has 24 heavy (non-hydrogen) atoms. The lowest BCUT2D eigenvalue weighted by atomic mass is 10.1. The van der Waals surface area contributed by atoms with Gasteiger partial charge in [-0.25, -0.2) is 0 Å². The molecule has 2 aromatic rings. The van der Waals surface area contributed by atoms with Gasteiger partial charge in [0.2, 0.25) is 0 Å². The van der Waals surface area contributed by atoms with Gasteiger partial charge in [0.05, 0.1) is 32.9 Å². The maximum atomic E-state index is 11.2. The molecular weight excluding hydrogens is 318 g/mol. The maximum absolute atomic E-state index is 11.2. The Bertz CT molecular complexity index is 886. The first-order valence-corrected chi connectivity index (χ1v) is 6.53. The second-order valence-electron chi connectivity index (χ2n) is 4.78. The largest absolute Gasteiger partial charge is 0.283 e. The highest BCUT2D eigenvalue weighted by Gasteiger charge is 2.22. The third-order valence-electron chi connectivity index (χ3n) is 3.16. The van der Waals surface area contributed by atoms with Gasteiger partial charge in [-0.2, -0.15) is 5.10 Å². The molecule has 1 aromatic heterocycles. The Morgan fingerprint density at radius 1 is 1.29 bits per heavy atom. The number of nitrogens with zero attached hydrogens (tertiary/aromatic N) is 7. The fourth-order valence-corrected chi connectivity index (χ4v) is 2.12. The molecule has 2 rings (SSSR count). The molecule has 0 fully saturated rings. The molecule has 0 radical (unpaired) electrons. The van der Waals surface area contributed by atoms with Crippen LogP contribution in [0, 0.1) is 27.2 Å². The van der Waals surface area contributed by atoms with E-state index in [0.717, 1.165) is 12.1 Å². The third kappa shape index (κ3) is 3.36. The van der Waals surface area contributed by atoms with E-state index in [-0.39, 0.29) is 11.3 Å². The van der Waals surface area contributed by atoms with Crippen molar-refractivity contribution in [2.24, 2.45) is 12.2 Å². The van der Waals surface area contributed by atoms with Crippen molar-refractivity contribution in [2.75, 3.05) is 0 Å². The van der Waals surface area contributed by atoms with E-state index >= 15 is 0 Å². The molecule has 0 amide bonds. The maximum Gasteiger partial charge on any atom is 0.283 e. The average molecular weight is 329 g/mol. The van der Waals surface area contributed by atoms with E-state index in [9.17, 15) is 20.2 Å². The van der Waals surface area contributed by atoms with Crippen LogP contribution in [0.4, 0.5) is 17.1 Å². The Morgan fingerprint density at radius 2 is 2.00 bits per heavy atom. The van der Waals surface area contributed by atoms with E-state index in [1.165, 1.54) is 6.08 Å². The van der Waals surface area contributed by atoms with Crippen molar-refractivity contribution in [3.63, 3.8) is 0 Å².